The minimum absolute atomic E-state index is 0.0283. The number of hydrogen-bond acceptors (Lipinski definition) is 6. The van der Waals surface area contributed by atoms with E-state index in [0.29, 0.717) is 18.9 Å². The fourth-order valence-corrected chi connectivity index (χ4v) is 6.67. The topological polar surface area (TPSA) is 143 Å². The van der Waals surface area contributed by atoms with E-state index in [9.17, 15) is 34.4 Å². The Morgan fingerprint density at radius 3 is 1.93 bits per heavy atom. The maximum absolute atomic E-state index is 13.2. The summed E-state index contributed by atoms with van der Waals surface area (Å²) in [5.41, 5.74) is -0.217. The molecule has 8 nitrogen and oxygen atoms in total. The lowest BCUT2D eigenvalue weighted by atomic mass is 10.1. The van der Waals surface area contributed by atoms with Crippen LogP contribution in [0.5, 0.6) is 0 Å². The molecule has 0 fully saturated rings. The molecule has 2 aromatic rings. The number of benzene rings is 2. The van der Waals surface area contributed by atoms with E-state index in [1.54, 1.807) is 6.92 Å². The van der Waals surface area contributed by atoms with Crippen molar-refractivity contribution in [2.24, 2.45) is 0 Å². The second-order valence-electron chi connectivity index (χ2n) is 6.00. The van der Waals surface area contributed by atoms with Crippen LogP contribution in [0.15, 0.2) is 49.9 Å². The van der Waals surface area contributed by atoms with Crippen LogP contribution in [0.1, 0.15) is 25.3 Å². The molecule has 0 amide bonds. The van der Waals surface area contributed by atoms with Gasteiger partial charge in [0.25, 0.3) is 20.2 Å². The molecular formula is C16H16Cl2O8S3. The minimum Gasteiger partial charge on any atom is -0.282 e. The second-order valence-corrected chi connectivity index (χ2v) is 11.5. The van der Waals surface area contributed by atoms with Gasteiger partial charge < -0.3 is 0 Å². The molecule has 0 bridgehead atoms. The predicted octanol–water partition coefficient (Wildman–Crippen LogP) is 3.66. The number of sulfone groups is 1. The fourth-order valence-electron chi connectivity index (χ4n) is 2.68. The van der Waals surface area contributed by atoms with Gasteiger partial charge >= 0.3 is 0 Å². The van der Waals surface area contributed by atoms with Gasteiger partial charge in [0.15, 0.2) is 0 Å². The maximum Gasteiger partial charge on any atom is 0.296 e. The maximum atomic E-state index is 13.2. The van der Waals surface area contributed by atoms with E-state index in [1.165, 1.54) is 0 Å². The number of hydrogen-bond donors (Lipinski definition) is 2. The molecule has 0 aromatic heterocycles. The molecule has 0 aliphatic heterocycles. The van der Waals surface area contributed by atoms with Crippen molar-refractivity contribution < 1.29 is 34.4 Å². The van der Waals surface area contributed by atoms with Gasteiger partial charge in [-0.1, -0.05) is 36.5 Å². The highest BCUT2D eigenvalue weighted by atomic mass is 35.5. The Labute approximate surface area is 178 Å². The number of halogens is 2. The molecule has 0 unspecified atom stereocenters. The molecular weight excluding hydrogens is 487 g/mol. The van der Waals surface area contributed by atoms with E-state index in [1.807, 2.05) is 0 Å². The first-order chi connectivity index (χ1) is 13.2. The first-order valence-electron chi connectivity index (χ1n) is 8.02. The van der Waals surface area contributed by atoms with Gasteiger partial charge in [0.2, 0.25) is 9.84 Å². The molecule has 0 aliphatic rings. The zero-order chi connectivity index (χ0) is 22.2. The minimum atomic E-state index is -4.85. The Hall–Kier alpha value is -1.21. The van der Waals surface area contributed by atoms with Crippen LogP contribution in [-0.2, 0) is 36.5 Å². The summed E-state index contributed by atoms with van der Waals surface area (Å²) in [4.78, 5) is -2.56. The van der Waals surface area contributed by atoms with Gasteiger partial charge in [0, 0.05) is 0 Å². The smallest absolute Gasteiger partial charge is 0.282 e. The van der Waals surface area contributed by atoms with E-state index in [2.05, 4.69) is 0 Å². The molecule has 2 aromatic carbocycles. The Morgan fingerprint density at radius 1 is 0.828 bits per heavy atom. The third-order valence-corrected chi connectivity index (χ3v) is 8.57. The molecule has 160 valence electrons. The van der Waals surface area contributed by atoms with Crippen molar-refractivity contribution in [3.63, 3.8) is 0 Å². The third kappa shape index (κ3) is 5.10. The van der Waals surface area contributed by atoms with Crippen LogP contribution < -0.4 is 0 Å². The first kappa shape index (κ1) is 24.1. The van der Waals surface area contributed by atoms with Gasteiger partial charge in [0.1, 0.15) is 9.79 Å². The first-order valence-corrected chi connectivity index (χ1v) is 13.1. The van der Waals surface area contributed by atoms with Gasteiger partial charge in [0.05, 0.1) is 19.8 Å². The van der Waals surface area contributed by atoms with Crippen molar-refractivity contribution in [1.29, 1.82) is 0 Å². The van der Waals surface area contributed by atoms with Crippen molar-refractivity contribution in [3.05, 3.63) is 45.9 Å². The summed E-state index contributed by atoms with van der Waals surface area (Å²) in [5.74, 6) is 0. The third-order valence-electron chi connectivity index (χ3n) is 3.99. The molecule has 0 spiro atoms. The van der Waals surface area contributed by atoms with Crippen LogP contribution in [0.4, 0.5) is 0 Å². The summed E-state index contributed by atoms with van der Waals surface area (Å²) < 4.78 is 91.7. The zero-order valence-corrected chi connectivity index (χ0v) is 18.8. The van der Waals surface area contributed by atoms with E-state index in [0.717, 1.165) is 24.3 Å². The van der Waals surface area contributed by atoms with Crippen molar-refractivity contribution in [2.75, 3.05) is 0 Å². The summed E-state index contributed by atoms with van der Waals surface area (Å²) in [6.45, 7) is 1.80. The summed E-state index contributed by atoms with van der Waals surface area (Å²) in [5, 5.41) is -0.750. The molecule has 13 heteroatoms. The van der Waals surface area contributed by atoms with Crippen LogP contribution in [-0.4, -0.2) is 34.4 Å². The summed E-state index contributed by atoms with van der Waals surface area (Å²) in [6, 6.07) is 4.73. The lowest BCUT2D eigenvalue weighted by molar-refractivity contribution is 0.480. The molecule has 2 N–H and O–H groups in total. The van der Waals surface area contributed by atoms with Crippen LogP contribution >= 0.6 is 23.2 Å². The highest BCUT2D eigenvalue weighted by molar-refractivity contribution is 7.91. The second kappa shape index (κ2) is 8.50. The van der Waals surface area contributed by atoms with Crippen molar-refractivity contribution in [3.8, 4) is 0 Å². The Balaban J connectivity index is 2.86. The molecule has 0 atom stereocenters. The van der Waals surface area contributed by atoms with E-state index in [4.69, 9.17) is 23.2 Å². The predicted molar refractivity (Wildman–Crippen MR) is 107 cm³/mol. The van der Waals surface area contributed by atoms with Crippen molar-refractivity contribution >= 4 is 53.3 Å². The summed E-state index contributed by atoms with van der Waals surface area (Å²) in [7, 11) is -14.1. The van der Waals surface area contributed by atoms with Crippen LogP contribution in [0.3, 0.4) is 0 Å². The standard InChI is InChI=1S/C16H16Cl2O8S3/c1-2-3-4-11-14(8-7-13(18)16(11)29(24,25)26)27(19,20)10-5-6-12(17)15(9-10)28(21,22)23/h5-9H,2-4H2,1H3,(H,21,22,23)(H,24,25,26). The van der Waals surface area contributed by atoms with Gasteiger partial charge in [-0.15, -0.1) is 0 Å². The molecule has 0 saturated heterocycles. The van der Waals surface area contributed by atoms with E-state index >= 15 is 0 Å². The normalized spacial score (nSPS) is 12.9. The molecule has 29 heavy (non-hydrogen) atoms. The quantitative estimate of drug-likeness (QED) is 0.545. The highest BCUT2D eigenvalue weighted by Gasteiger charge is 2.30. The Bertz CT molecular complexity index is 1270. The van der Waals surface area contributed by atoms with Crippen LogP contribution in [0, 0.1) is 0 Å². The van der Waals surface area contributed by atoms with Gasteiger partial charge in [-0.3, -0.25) is 9.11 Å². The average molecular weight is 503 g/mol. The molecule has 0 aliphatic carbocycles. The lowest BCUT2D eigenvalue weighted by Crippen LogP contribution is -2.12. The Kier molecular flexibility index (Phi) is 7.05. The average Bonchev–Trinajstić information content (AvgIpc) is 2.57. The lowest BCUT2D eigenvalue weighted by Gasteiger charge is -2.15. The highest BCUT2D eigenvalue weighted by Crippen LogP contribution is 2.35. The number of rotatable bonds is 7. The van der Waals surface area contributed by atoms with Gasteiger partial charge in [-0.05, 0) is 48.7 Å². The van der Waals surface area contributed by atoms with Gasteiger partial charge in [-0.2, -0.15) is 16.8 Å². The van der Waals surface area contributed by atoms with Crippen LogP contribution in [0.2, 0.25) is 10.0 Å². The van der Waals surface area contributed by atoms with Crippen molar-refractivity contribution in [2.45, 2.75) is 45.8 Å². The van der Waals surface area contributed by atoms with Crippen LogP contribution in [0.25, 0.3) is 0 Å². The zero-order valence-electron chi connectivity index (χ0n) is 14.8. The summed E-state index contributed by atoms with van der Waals surface area (Å²) in [6.07, 6.45) is 0.951. The van der Waals surface area contributed by atoms with E-state index in [-0.39, 0.29) is 17.0 Å². The van der Waals surface area contributed by atoms with Crippen molar-refractivity contribution in [1.82, 2.24) is 0 Å². The van der Waals surface area contributed by atoms with Gasteiger partial charge in [-0.25, -0.2) is 8.42 Å². The molecule has 0 radical (unpaired) electrons. The summed E-state index contributed by atoms with van der Waals surface area (Å²) >= 11 is 11.6. The number of unbranched alkanes of at least 4 members (excludes halogenated alkanes) is 1. The monoisotopic (exact) mass is 502 g/mol. The molecule has 2 rings (SSSR count). The SMILES string of the molecule is CCCCc1c(S(=O)(=O)c2ccc(Cl)c(S(=O)(=O)O)c2)ccc(Cl)c1S(=O)(=O)O. The Morgan fingerprint density at radius 2 is 1.41 bits per heavy atom. The molecule has 0 saturated carbocycles. The molecule has 0 heterocycles. The van der Waals surface area contributed by atoms with E-state index < -0.39 is 54.7 Å². The fraction of sp³-hybridized carbons (Fsp3) is 0.250. The largest absolute Gasteiger partial charge is 0.296 e.